The minimum Gasteiger partial charge on any atom is -0.443 e. The molecule has 0 aromatic rings. The van der Waals surface area contributed by atoms with E-state index in [-0.39, 0.29) is 5.96 Å². The van der Waals surface area contributed by atoms with Crippen LogP contribution in [0, 0.1) is 5.41 Å². The summed E-state index contributed by atoms with van der Waals surface area (Å²) in [7, 11) is 0. The van der Waals surface area contributed by atoms with E-state index < -0.39 is 11.7 Å². The van der Waals surface area contributed by atoms with Crippen molar-refractivity contribution in [3.8, 4) is 0 Å². The van der Waals surface area contributed by atoms with Gasteiger partial charge in [-0.25, -0.2) is 9.69 Å². The highest BCUT2D eigenvalue weighted by Gasteiger charge is 2.22. The molecule has 0 saturated carbocycles. The molecule has 0 heterocycles. The van der Waals surface area contributed by atoms with E-state index in [1.54, 1.807) is 20.8 Å². The summed E-state index contributed by atoms with van der Waals surface area (Å²) in [5.74, 6) is -0.277. The van der Waals surface area contributed by atoms with E-state index in [0.29, 0.717) is 6.54 Å². The fourth-order valence-corrected chi connectivity index (χ4v) is 0.851. The zero-order valence-corrected chi connectivity index (χ0v) is 9.26. The summed E-state index contributed by atoms with van der Waals surface area (Å²) in [6.07, 6.45) is 0.172. The SMILES string of the molecule is CCCN(C(=N)N)C(=O)OC(C)(C)C. The quantitative estimate of drug-likeness (QED) is 0.525. The Hall–Kier alpha value is -1.26. The van der Waals surface area contributed by atoms with Crippen LogP contribution in [-0.4, -0.2) is 29.1 Å². The summed E-state index contributed by atoms with van der Waals surface area (Å²) in [4.78, 5) is 12.6. The number of ether oxygens (including phenoxy) is 1. The van der Waals surface area contributed by atoms with Crippen molar-refractivity contribution in [2.24, 2.45) is 5.73 Å². The third-order valence-electron chi connectivity index (χ3n) is 1.35. The van der Waals surface area contributed by atoms with Gasteiger partial charge in [0.15, 0.2) is 5.96 Å². The molecule has 0 aromatic heterocycles. The van der Waals surface area contributed by atoms with E-state index in [1.807, 2.05) is 6.92 Å². The van der Waals surface area contributed by atoms with Crippen LogP contribution in [0.15, 0.2) is 0 Å². The van der Waals surface area contributed by atoms with Crippen LogP contribution in [0.4, 0.5) is 4.79 Å². The molecule has 0 unspecified atom stereocenters. The molecule has 3 N–H and O–H groups in total. The van der Waals surface area contributed by atoms with Gasteiger partial charge in [-0.05, 0) is 27.2 Å². The molecule has 0 aliphatic rings. The average Bonchev–Trinajstić information content (AvgIpc) is 1.95. The number of nitrogens with zero attached hydrogens (tertiary/aromatic N) is 1. The molecule has 0 bridgehead atoms. The minimum absolute atomic E-state index is 0.277. The Morgan fingerprint density at radius 1 is 1.50 bits per heavy atom. The van der Waals surface area contributed by atoms with Gasteiger partial charge in [-0.1, -0.05) is 6.92 Å². The van der Waals surface area contributed by atoms with E-state index in [4.69, 9.17) is 15.9 Å². The molecule has 0 spiro atoms. The van der Waals surface area contributed by atoms with Crippen molar-refractivity contribution in [1.82, 2.24) is 4.90 Å². The van der Waals surface area contributed by atoms with Gasteiger partial charge >= 0.3 is 6.09 Å². The van der Waals surface area contributed by atoms with Crippen LogP contribution in [-0.2, 0) is 4.74 Å². The summed E-state index contributed by atoms with van der Waals surface area (Å²) < 4.78 is 5.08. The van der Waals surface area contributed by atoms with Gasteiger partial charge in [0.1, 0.15) is 5.60 Å². The molecule has 0 rings (SSSR count). The topological polar surface area (TPSA) is 79.4 Å². The lowest BCUT2D eigenvalue weighted by Gasteiger charge is -2.25. The first kappa shape index (κ1) is 12.7. The Morgan fingerprint density at radius 2 is 2.00 bits per heavy atom. The Morgan fingerprint density at radius 3 is 2.29 bits per heavy atom. The van der Waals surface area contributed by atoms with Gasteiger partial charge in [0.2, 0.25) is 0 Å². The molecule has 0 radical (unpaired) electrons. The molecule has 5 nitrogen and oxygen atoms in total. The molecular weight excluding hydrogens is 182 g/mol. The maximum Gasteiger partial charge on any atom is 0.417 e. The monoisotopic (exact) mass is 201 g/mol. The number of nitrogens with two attached hydrogens (primary N) is 1. The van der Waals surface area contributed by atoms with Crippen molar-refractivity contribution in [3.05, 3.63) is 0 Å². The molecule has 0 aliphatic carbocycles. The maximum atomic E-state index is 11.5. The van der Waals surface area contributed by atoms with Crippen LogP contribution in [0.2, 0.25) is 0 Å². The number of carbonyl (C=O) groups excluding carboxylic acids is 1. The molecule has 0 aliphatic heterocycles. The van der Waals surface area contributed by atoms with Crippen LogP contribution >= 0.6 is 0 Å². The number of hydrogen-bond donors (Lipinski definition) is 2. The smallest absolute Gasteiger partial charge is 0.417 e. The van der Waals surface area contributed by atoms with Crippen molar-refractivity contribution in [1.29, 1.82) is 5.41 Å². The molecule has 0 saturated heterocycles. The van der Waals surface area contributed by atoms with Crippen LogP contribution in [0.1, 0.15) is 34.1 Å². The van der Waals surface area contributed by atoms with Gasteiger partial charge in [0, 0.05) is 6.54 Å². The molecule has 1 amide bonds. The second kappa shape index (κ2) is 4.83. The summed E-state index contributed by atoms with van der Waals surface area (Å²) in [5, 5.41) is 7.20. The van der Waals surface area contributed by atoms with Crippen LogP contribution in [0.5, 0.6) is 0 Å². The average molecular weight is 201 g/mol. The number of amides is 1. The molecule has 0 aromatic carbocycles. The van der Waals surface area contributed by atoms with Gasteiger partial charge in [0.05, 0.1) is 0 Å². The first-order valence-electron chi connectivity index (χ1n) is 4.62. The number of rotatable bonds is 2. The van der Waals surface area contributed by atoms with E-state index >= 15 is 0 Å². The van der Waals surface area contributed by atoms with Crippen LogP contribution < -0.4 is 5.73 Å². The van der Waals surface area contributed by atoms with E-state index in [1.165, 1.54) is 0 Å². The Balaban J connectivity index is 4.38. The van der Waals surface area contributed by atoms with Gasteiger partial charge in [0.25, 0.3) is 0 Å². The van der Waals surface area contributed by atoms with Gasteiger partial charge < -0.3 is 10.5 Å². The predicted octanol–water partition coefficient (Wildman–Crippen LogP) is 1.53. The fraction of sp³-hybridized carbons (Fsp3) is 0.778. The Bertz CT molecular complexity index is 221. The predicted molar refractivity (Wildman–Crippen MR) is 55.1 cm³/mol. The maximum absolute atomic E-state index is 11.5. The summed E-state index contributed by atoms with van der Waals surface area (Å²) in [6, 6.07) is 0. The van der Waals surface area contributed by atoms with Crippen molar-refractivity contribution in [2.75, 3.05) is 6.54 Å². The van der Waals surface area contributed by atoms with E-state index in [2.05, 4.69) is 0 Å². The number of carbonyl (C=O) groups is 1. The summed E-state index contributed by atoms with van der Waals surface area (Å²) in [6.45, 7) is 7.63. The van der Waals surface area contributed by atoms with Crippen molar-refractivity contribution in [2.45, 2.75) is 39.7 Å². The summed E-state index contributed by atoms with van der Waals surface area (Å²) >= 11 is 0. The van der Waals surface area contributed by atoms with Crippen LogP contribution in [0.3, 0.4) is 0 Å². The zero-order chi connectivity index (χ0) is 11.4. The van der Waals surface area contributed by atoms with E-state index in [0.717, 1.165) is 11.3 Å². The fourth-order valence-electron chi connectivity index (χ4n) is 0.851. The molecule has 14 heavy (non-hydrogen) atoms. The zero-order valence-electron chi connectivity index (χ0n) is 9.26. The van der Waals surface area contributed by atoms with Crippen molar-refractivity contribution < 1.29 is 9.53 Å². The largest absolute Gasteiger partial charge is 0.443 e. The highest BCUT2D eigenvalue weighted by Crippen LogP contribution is 2.09. The van der Waals surface area contributed by atoms with Gasteiger partial charge in [-0.3, -0.25) is 5.41 Å². The normalized spacial score (nSPS) is 10.9. The van der Waals surface area contributed by atoms with Gasteiger partial charge in [-0.2, -0.15) is 0 Å². The number of hydrogen-bond acceptors (Lipinski definition) is 3. The third-order valence-corrected chi connectivity index (χ3v) is 1.35. The van der Waals surface area contributed by atoms with Crippen molar-refractivity contribution >= 4 is 12.1 Å². The number of nitrogens with one attached hydrogen (secondary N) is 1. The minimum atomic E-state index is -0.563. The first-order chi connectivity index (χ1) is 6.28. The molecular formula is C9H19N3O2. The lowest BCUT2D eigenvalue weighted by Crippen LogP contribution is -2.44. The van der Waals surface area contributed by atoms with Gasteiger partial charge in [-0.15, -0.1) is 0 Å². The van der Waals surface area contributed by atoms with Crippen molar-refractivity contribution in [3.63, 3.8) is 0 Å². The Labute approximate surface area is 84.7 Å². The van der Waals surface area contributed by atoms with Crippen LogP contribution in [0.25, 0.3) is 0 Å². The molecule has 82 valence electrons. The Kier molecular flexibility index (Phi) is 4.40. The summed E-state index contributed by atoms with van der Waals surface area (Å²) in [5.41, 5.74) is 4.69. The lowest BCUT2D eigenvalue weighted by atomic mass is 10.2. The van der Waals surface area contributed by atoms with E-state index in [9.17, 15) is 4.79 Å². The second-order valence-corrected chi connectivity index (χ2v) is 4.02. The molecule has 5 heteroatoms. The second-order valence-electron chi connectivity index (χ2n) is 4.02. The standard InChI is InChI=1S/C9H19N3O2/c1-5-6-12(7(10)11)8(13)14-9(2,3)4/h5-6H2,1-4H3,(H3,10,11). The molecule has 0 fully saturated rings. The highest BCUT2D eigenvalue weighted by molar-refractivity contribution is 5.91. The number of guanidine groups is 1. The lowest BCUT2D eigenvalue weighted by molar-refractivity contribution is 0.0367. The first-order valence-corrected chi connectivity index (χ1v) is 4.62. The third kappa shape index (κ3) is 4.69. The highest BCUT2D eigenvalue weighted by atomic mass is 16.6. The molecule has 0 atom stereocenters.